The largest absolute Gasteiger partial charge is 0.464 e. The molecule has 3 aliphatic rings. The molecule has 11 nitrogen and oxygen atoms in total. The van der Waals surface area contributed by atoms with E-state index >= 15 is 0 Å². The monoisotopic (exact) mass is 576 g/mol. The van der Waals surface area contributed by atoms with Gasteiger partial charge in [0.1, 0.15) is 17.6 Å². The number of aliphatic hydroxyl groups is 1. The van der Waals surface area contributed by atoms with Crippen LogP contribution in [-0.4, -0.2) is 72.1 Å². The summed E-state index contributed by atoms with van der Waals surface area (Å²) in [5.41, 5.74) is -1.93. The molecular formula is C30H48N4O7. The van der Waals surface area contributed by atoms with E-state index in [2.05, 4.69) is 27.8 Å². The first-order valence-electron chi connectivity index (χ1n) is 14.9. The highest BCUT2D eigenvalue weighted by molar-refractivity contribution is 5.96. The number of esters is 1. The standard InChI is InChI=1S/C30H48N4O7/c1-7-18-16-30(18,28(40)41-8-2)34-25(37)21-15-19(35)14-20(21)24(36)33-23(29(3,4)5)27(39)32-22(26(38)31-6)17-12-10-9-11-13-17/h7,17-23,35H,1,8-16H2,2-6H3,(H,31,38)(H,32,39)(H,33,36)(H,34,37)/t18?,19-,20-,21+,22-,23+,30+/m0/s1. The molecule has 0 aromatic rings. The normalized spacial score (nSPS) is 29.4. The summed E-state index contributed by atoms with van der Waals surface area (Å²) in [6.07, 6.45) is 5.91. The van der Waals surface area contributed by atoms with Crippen molar-refractivity contribution >= 4 is 29.6 Å². The summed E-state index contributed by atoms with van der Waals surface area (Å²) in [7, 11) is 1.54. The molecule has 0 saturated heterocycles. The van der Waals surface area contributed by atoms with Gasteiger partial charge in [-0.15, -0.1) is 6.58 Å². The Hall–Kier alpha value is -2.95. The van der Waals surface area contributed by atoms with Crippen molar-refractivity contribution in [2.45, 2.75) is 103 Å². The Morgan fingerprint density at radius 1 is 1.00 bits per heavy atom. The molecule has 3 saturated carbocycles. The second-order valence-electron chi connectivity index (χ2n) is 12.9. The van der Waals surface area contributed by atoms with E-state index in [1.165, 1.54) is 7.05 Å². The molecule has 0 spiro atoms. The molecule has 11 heteroatoms. The molecule has 5 N–H and O–H groups in total. The zero-order chi connectivity index (χ0) is 30.5. The van der Waals surface area contributed by atoms with Gasteiger partial charge >= 0.3 is 5.97 Å². The summed E-state index contributed by atoms with van der Waals surface area (Å²) in [6, 6.07) is -1.71. The van der Waals surface area contributed by atoms with E-state index in [1.54, 1.807) is 13.0 Å². The molecule has 0 aromatic carbocycles. The second kappa shape index (κ2) is 13.4. The molecule has 0 bridgehead atoms. The summed E-state index contributed by atoms with van der Waals surface area (Å²) >= 11 is 0. The van der Waals surface area contributed by atoms with E-state index in [9.17, 15) is 29.1 Å². The first kappa shape index (κ1) is 32.6. The van der Waals surface area contributed by atoms with Gasteiger partial charge in [0.05, 0.1) is 24.5 Å². The van der Waals surface area contributed by atoms with Crippen molar-refractivity contribution in [2.75, 3.05) is 13.7 Å². The molecule has 3 aliphatic carbocycles. The lowest BCUT2D eigenvalue weighted by Gasteiger charge is -2.35. The van der Waals surface area contributed by atoms with Gasteiger partial charge < -0.3 is 31.1 Å². The van der Waals surface area contributed by atoms with Crippen molar-refractivity contribution in [1.82, 2.24) is 21.3 Å². The van der Waals surface area contributed by atoms with Crippen LogP contribution in [0.2, 0.25) is 0 Å². The summed E-state index contributed by atoms with van der Waals surface area (Å²) in [6.45, 7) is 11.0. The van der Waals surface area contributed by atoms with Crippen LogP contribution < -0.4 is 21.3 Å². The predicted molar refractivity (Wildman–Crippen MR) is 152 cm³/mol. The van der Waals surface area contributed by atoms with Crippen LogP contribution in [0.1, 0.15) is 79.1 Å². The van der Waals surface area contributed by atoms with Crippen LogP contribution in [0.4, 0.5) is 0 Å². The minimum atomic E-state index is -1.22. The van der Waals surface area contributed by atoms with Gasteiger partial charge in [0.15, 0.2) is 0 Å². The Balaban J connectivity index is 1.75. The van der Waals surface area contributed by atoms with Gasteiger partial charge in [-0.25, -0.2) is 4.79 Å². The Labute approximate surface area is 243 Å². The third-order valence-electron chi connectivity index (χ3n) is 8.86. The van der Waals surface area contributed by atoms with Crippen molar-refractivity contribution in [3.63, 3.8) is 0 Å². The summed E-state index contributed by atoms with van der Waals surface area (Å²) in [4.78, 5) is 66.0. The number of aliphatic hydroxyl groups excluding tert-OH is 1. The van der Waals surface area contributed by atoms with E-state index in [-0.39, 0.29) is 37.2 Å². The molecular weight excluding hydrogens is 528 g/mol. The van der Waals surface area contributed by atoms with Gasteiger partial charge in [-0.05, 0) is 50.4 Å². The maximum atomic E-state index is 13.6. The van der Waals surface area contributed by atoms with E-state index in [4.69, 9.17) is 4.74 Å². The highest BCUT2D eigenvalue weighted by Gasteiger charge is 2.62. The molecule has 0 heterocycles. The number of carbonyl (C=O) groups excluding carboxylic acids is 5. The second-order valence-corrected chi connectivity index (χ2v) is 12.9. The van der Waals surface area contributed by atoms with Crippen molar-refractivity contribution in [2.24, 2.45) is 29.1 Å². The Morgan fingerprint density at radius 2 is 1.61 bits per heavy atom. The van der Waals surface area contributed by atoms with E-state index in [0.29, 0.717) is 6.42 Å². The lowest BCUT2D eigenvalue weighted by Crippen LogP contribution is -2.60. The van der Waals surface area contributed by atoms with E-state index in [1.807, 2.05) is 20.8 Å². The molecule has 1 unspecified atom stereocenters. The molecule has 7 atom stereocenters. The number of nitrogens with one attached hydrogen (secondary N) is 4. The van der Waals surface area contributed by atoms with Gasteiger partial charge in [-0.2, -0.15) is 0 Å². The highest BCUT2D eigenvalue weighted by atomic mass is 16.5. The van der Waals surface area contributed by atoms with Crippen LogP contribution in [0.25, 0.3) is 0 Å². The average molecular weight is 577 g/mol. The number of rotatable bonds is 11. The number of hydrogen-bond acceptors (Lipinski definition) is 7. The van der Waals surface area contributed by atoms with Gasteiger partial charge in [0.2, 0.25) is 23.6 Å². The lowest BCUT2D eigenvalue weighted by molar-refractivity contribution is -0.150. The minimum absolute atomic E-state index is 0.00978. The van der Waals surface area contributed by atoms with Crippen LogP contribution in [-0.2, 0) is 28.7 Å². The van der Waals surface area contributed by atoms with Crippen LogP contribution in [0.3, 0.4) is 0 Å². The summed E-state index contributed by atoms with van der Waals surface area (Å²) in [5.74, 6) is -4.43. The van der Waals surface area contributed by atoms with Crippen molar-refractivity contribution in [3.05, 3.63) is 12.7 Å². The first-order chi connectivity index (χ1) is 19.3. The van der Waals surface area contributed by atoms with Crippen molar-refractivity contribution < 1.29 is 33.8 Å². The fraction of sp³-hybridized carbons (Fsp3) is 0.767. The number of amides is 4. The Morgan fingerprint density at radius 3 is 2.12 bits per heavy atom. The molecule has 3 rings (SSSR count). The average Bonchev–Trinajstić information content (AvgIpc) is 3.51. The van der Waals surface area contributed by atoms with Gasteiger partial charge in [-0.3, -0.25) is 19.2 Å². The fourth-order valence-electron chi connectivity index (χ4n) is 6.35. The zero-order valence-corrected chi connectivity index (χ0v) is 25.1. The van der Waals surface area contributed by atoms with Crippen LogP contribution in [0, 0.1) is 29.1 Å². The minimum Gasteiger partial charge on any atom is -0.464 e. The lowest BCUT2D eigenvalue weighted by atomic mass is 9.82. The van der Waals surface area contributed by atoms with Crippen LogP contribution in [0.15, 0.2) is 12.7 Å². The number of carbonyl (C=O) groups is 5. The van der Waals surface area contributed by atoms with E-state index < -0.39 is 64.7 Å². The fourth-order valence-corrected chi connectivity index (χ4v) is 6.35. The third kappa shape index (κ3) is 7.47. The number of ether oxygens (including phenoxy) is 1. The number of likely N-dealkylation sites (N-methyl/N-ethyl adjacent to an activating group) is 1. The van der Waals surface area contributed by atoms with Crippen molar-refractivity contribution in [1.29, 1.82) is 0 Å². The maximum absolute atomic E-state index is 13.6. The van der Waals surface area contributed by atoms with Crippen LogP contribution >= 0.6 is 0 Å². The Kier molecular flexibility index (Phi) is 10.6. The molecule has 0 aromatic heterocycles. The molecule has 0 radical (unpaired) electrons. The third-order valence-corrected chi connectivity index (χ3v) is 8.86. The topological polar surface area (TPSA) is 163 Å². The smallest absolute Gasteiger partial charge is 0.332 e. The molecule has 4 amide bonds. The van der Waals surface area contributed by atoms with Gasteiger partial charge in [0, 0.05) is 13.0 Å². The van der Waals surface area contributed by atoms with Gasteiger partial charge in [-0.1, -0.05) is 46.1 Å². The summed E-state index contributed by atoms with van der Waals surface area (Å²) < 4.78 is 5.17. The highest BCUT2D eigenvalue weighted by Crippen LogP contribution is 2.46. The molecule has 3 fully saturated rings. The van der Waals surface area contributed by atoms with E-state index in [0.717, 1.165) is 32.1 Å². The summed E-state index contributed by atoms with van der Waals surface area (Å²) in [5, 5.41) is 21.6. The van der Waals surface area contributed by atoms with Crippen molar-refractivity contribution in [3.8, 4) is 0 Å². The first-order valence-corrected chi connectivity index (χ1v) is 14.9. The van der Waals surface area contributed by atoms with Crippen LogP contribution in [0.5, 0.6) is 0 Å². The molecule has 41 heavy (non-hydrogen) atoms. The Bertz CT molecular complexity index is 1020. The molecule has 0 aliphatic heterocycles. The predicted octanol–water partition coefficient (Wildman–Crippen LogP) is 1.34. The SMILES string of the molecule is C=CC1C[C@]1(NC(=O)[C@@H]1C[C@@H](O)C[C@@H]1C(=O)N[C@H](C(=O)N[C@H](C(=O)NC)C1CCCCC1)C(C)(C)C)C(=O)OCC. The quantitative estimate of drug-likeness (QED) is 0.183. The molecule has 230 valence electrons. The maximum Gasteiger partial charge on any atom is 0.332 e. The number of hydrogen-bond donors (Lipinski definition) is 5. The van der Waals surface area contributed by atoms with Gasteiger partial charge in [0.25, 0.3) is 0 Å². The zero-order valence-electron chi connectivity index (χ0n) is 25.1.